The van der Waals surface area contributed by atoms with E-state index in [0.29, 0.717) is 12.3 Å². The van der Waals surface area contributed by atoms with Crippen LogP contribution in [0.4, 0.5) is 0 Å². The summed E-state index contributed by atoms with van der Waals surface area (Å²) >= 11 is 0. The number of likely N-dealkylation sites (tertiary alicyclic amines) is 1. The van der Waals surface area contributed by atoms with E-state index in [1.807, 2.05) is 0 Å². The number of piperidine rings is 1. The standard InChI is InChI=1S/C18H31N5O3.HI/c1-22(2)16(25)10-20-17(19-9-14-4-7-26-11-14)23-6-3-5-18(13-23)8-15(24)21-12-18;/h14H,3-13H2,1-2H3,(H,19,20)(H,21,24);1H. The summed E-state index contributed by atoms with van der Waals surface area (Å²) < 4.78 is 5.45. The molecule has 0 aliphatic carbocycles. The average Bonchev–Trinajstić information content (AvgIpc) is 3.25. The van der Waals surface area contributed by atoms with Crippen LogP contribution in [0.2, 0.25) is 0 Å². The van der Waals surface area contributed by atoms with Crippen molar-refractivity contribution < 1.29 is 14.3 Å². The van der Waals surface area contributed by atoms with Crippen LogP contribution in [0, 0.1) is 11.3 Å². The van der Waals surface area contributed by atoms with Crippen molar-refractivity contribution in [2.24, 2.45) is 16.3 Å². The van der Waals surface area contributed by atoms with Crippen molar-refractivity contribution in [2.45, 2.75) is 25.7 Å². The normalized spacial score (nSPS) is 28.1. The summed E-state index contributed by atoms with van der Waals surface area (Å²) in [6, 6.07) is 0. The van der Waals surface area contributed by atoms with Crippen molar-refractivity contribution in [2.75, 3.05) is 60.0 Å². The molecule has 3 aliphatic rings. The molecule has 3 heterocycles. The largest absolute Gasteiger partial charge is 0.381 e. The Balaban J connectivity index is 0.00000261. The maximum Gasteiger partial charge on any atom is 0.243 e. The van der Waals surface area contributed by atoms with Crippen LogP contribution in [0.1, 0.15) is 25.7 Å². The van der Waals surface area contributed by atoms with Gasteiger partial charge in [-0.2, -0.15) is 0 Å². The zero-order valence-electron chi connectivity index (χ0n) is 16.3. The lowest BCUT2D eigenvalue weighted by Gasteiger charge is -2.41. The number of halogens is 1. The van der Waals surface area contributed by atoms with Crippen LogP contribution in [0.5, 0.6) is 0 Å². The first-order valence-electron chi connectivity index (χ1n) is 9.55. The zero-order valence-corrected chi connectivity index (χ0v) is 18.7. The predicted octanol–water partition coefficient (Wildman–Crippen LogP) is 0.277. The molecule has 2 atom stereocenters. The molecule has 9 heteroatoms. The molecule has 2 unspecified atom stereocenters. The van der Waals surface area contributed by atoms with E-state index in [9.17, 15) is 9.59 Å². The third kappa shape index (κ3) is 5.94. The van der Waals surface area contributed by atoms with Crippen LogP contribution >= 0.6 is 24.0 Å². The number of amides is 2. The monoisotopic (exact) mass is 493 g/mol. The molecule has 3 rings (SSSR count). The number of carbonyl (C=O) groups is 2. The van der Waals surface area contributed by atoms with Gasteiger partial charge >= 0.3 is 0 Å². The summed E-state index contributed by atoms with van der Waals surface area (Å²) in [6.45, 7) is 4.97. The number of carbonyl (C=O) groups excluding carboxylic acids is 2. The summed E-state index contributed by atoms with van der Waals surface area (Å²) in [5.74, 6) is 1.39. The van der Waals surface area contributed by atoms with Gasteiger partial charge in [-0.1, -0.05) is 0 Å². The van der Waals surface area contributed by atoms with E-state index in [-0.39, 0.29) is 47.8 Å². The van der Waals surface area contributed by atoms with E-state index in [1.54, 1.807) is 19.0 Å². The maximum absolute atomic E-state index is 12.0. The minimum Gasteiger partial charge on any atom is -0.381 e. The molecule has 154 valence electrons. The number of hydrogen-bond donors (Lipinski definition) is 2. The summed E-state index contributed by atoms with van der Waals surface area (Å²) in [7, 11) is 3.49. The second kappa shape index (κ2) is 9.90. The summed E-state index contributed by atoms with van der Waals surface area (Å²) in [5, 5.41) is 6.44. The number of nitrogens with one attached hydrogen (secondary N) is 2. The van der Waals surface area contributed by atoms with Gasteiger partial charge < -0.3 is 25.2 Å². The second-order valence-corrected chi connectivity index (χ2v) is 8.02. The Hall–Kier alpha value is -1.10. The van der Waals surface area contributed by atoms with Gasteiger partial charge in [-0.05, 0) is 19.3 Å². The smallest absolute Gasteiger partial charge is 0.243 e. The zero-order chi connectivity index (χ0) is 18.6. The van der Waals surface area contributed by atoms with Crippen molar-refractivity contribution >= 4 is 41.8 Å². The van der Waals surface area contributed by atoms with Crippen LogP contribution in [0.25, 0.3) is 0 Å². The van der Waals surface area contributed by atoms with E-state index in [4.69, 9.17) is 4.74 Å². The molecule has 27 heavy (non-hydrogen) atoms. The lowest BCUT2D eigenvalue weighted by Crippen LogP contribution is -2.52. The number of nitrogens with zero attached hydrogens (tertiary/aromatic N) is 3. The topological polar surface area (TPSA) is 86.3 Å². The first-order valence-corrected chi connectivity index (χ1v) is 9.55. The molecule has 3 aliphatic heterocycles. The Morgan fingerprint density at radius 3 is 2.93 bits per heavy atom. The van der Waals surface area contributed by atoms with Crippen LogP contribution in [-0.4, -0.2) is 87.6 Å². The quantitative estimate of drug-likeness (QED) is 0.334. The van der Waals surface area contributed by atoms with Crippen molar-refractivity contribution in [1.29, 1.82) is 0 Å². The third-order valence-corrected chi connectivity index (χ3v) is 5.59. The van der Waals surface area contributed by atoms with Gasteiger partial charge in [0.15, 0.2) is 5.96 Å². The van der Waals surface area contributed by atoms with Crippen molar-refractivity contribution in [3.63, 3.8) is 0 Å². The Labute approximate surface area is 178 Å². The Morgan fingerprint density at radius 2 is 2.30 bits per heavy atom. The van der Waals surface area contributed by atoms with Gasteiger partial charge in [0.1, 0.15) is 6.54 Å². The average molecular weight is 493 g/mol. The second-order valence-electron chi connectivity index (χ2n) is 8.02. The van der Waals surface area contributed by atoms with Crippen molar-refractivity contribution in [3.8, 4) is 0 Å². The molecule has 0 aromatic heterocycles. The summed E-state index contributed by atoms with van der Waals surface area (Å²) in [4.78, 5) is 32.1. The van der Waals surface area contributed by atoms with Crippen LogP contribution in [-0.2, 0) is 14.3 Å². The molecular formula is C18H32IN5O3. The van der Waals surface area contributed by atoms with E-state index in [1.165, 1.54) is 0 Å². The molecule has 0 radical (unpaired) electrons. The molecule has 0 aromatic rings. The summed E-state index contributed by atoms with van der Waals surface area (Å²) in [6.07, 6.45) is 3.73. The highest BCUT2D eigenvalue weighted by molar-refractivity contribution is 14.0. The van der Waals surface area contributed by atoms with Crippen molar-refractivity contribution in [1.82, 2.24) is 20.4 Å². The number of ether oxygens (including phenoxy) is 1. The van der Waals surface area contributed by atoms with Crippen LogP contribution in [0.3, 0.4) is 0 Å². The fraction of sp³-hybridized carbons (Fsp3) is 0.833. The van der Waals surface area contributed by atoms with Gasteiger partial charge in [-0.3, -0.25) is 9.59 Å². The predicted molar refractivity (Wildman–Crippen MR) is 114 cm³/mol. The van der Waals surface area contributed by atoms with Crippen LogP contribution in [0.15, 0.2) is 4.99 Å². The lowest BCUT2D eigenvalue weighted by atomic mass is 9.79. The number of aliphatic imine (C=N–C) groups is 1. The first-order chi connectivity index (χ1) is 12.5. The van der Waals surface area contributed by atoms with Crippen molar-refractivity contribution in [3.05, 3.63) is 0 Å². The van der Waals surface area contributed by atoms with E-state index in [0.717, 1.165) is 64.6 Å². The van der Waals surface area contributed by atoms with Gasteiger partial charge in [-0.25, -0.2) is 4.99 Å². The number of hydrogen-bond acceptors (Lipinski definition) is 4. The van der Waals surface area contributed by atoms with E-state index < -0.39 is 0 Å². The third-order valence-electron chi connectivity index (χ3n) is 5.59. The van der Waals surface area contributed by atoms with Gasteiger partial charge in [0, 0.05) is 64.6 Å². The van der Waals surface area contributed by atoms with Gasteiger partial charge in [0.25, 0.3) is 0 Å². The molecule has 8 nitrogen and oxygen atoms in total. The number of guanidine groups is 1. The molecule has 1 spiro atoms. The highest BCUT2D eigenvalue weighted by atomic mass is 127. The molecule has 0 saturated carbocycles. The maximum atomic E-state index is 12.0. The van der Waals surface area contributed by atoms with Crippen LogP contribution < -0.4 is 10.6 Å². The molecule has 2 N–H and O–H groups in total. The van der Waals surface area contributed by atoms with E-state index >= 15 is 0 Å². The molecular weight excluding hydrogens is 461 g/mol. The Kier molecular flexibility index (Phi) is 8.14. The molecule has 0 bridgehead atoms. The highest BCUT2D eigenvalue weighted by Crippen LogP contribution is 2.36. The molecule has 2 amide bonds. The lowest BCUT2D eigenvalue weighted by molar-refractivity contribution is -0.127. The van der Waals surface area contributed by atoms with Gasteiger partial charge in [0.05, 0.1) is 6.61 Å². The molecule has 3 saturated heterocycles. The number of likely N-dealkylation sites (N-methyl/N-ethyl adjacent to an activating group) is 1. The Morgan fingerprint density at radius 1 is 1.48 bits per heavy atom. The van der Waals surface area contributed by atoms with Gasteiger partial charge in [0.2, 0.25) is 11.8 Å². The van der Waals surface area contributed by atoms with E-state index in [2.05, 4.69) is 20.5 Å². The fourth-order valence-electron chi connectivity index (χ4n) is 3.96. The number of rotatable bonds is 4. The highest BCUT2D eigenvalue weighted by Gasteiger charge is 2.42. The minimum atomic E-state index is -0.0158. The minimum absolute atomic E-state index is 0. The molecule has 0 aromatic carbocycles. The Bertz CT molecular complexity index is 565. The first kappa shape index (κ1) is 22.2. The van der Waals surface area contributed by atoms with Gasteiger partial charge in [-0.15, -0.1) is 24.0 Å². The SMILES string of the molecule is CN(C)C(=O)CN=C(NCC1CCOC1)N1CCCC2(CNC(=O)C2)C1.I. The molecule has 3 fully saturated rings. The fourth-order valence-corrected chi connectivity index (χ4v) is 3.96. The summed E-state index contributed by atoms with van der Waals surface area (Å²) in [5.41, 5.74) is -0.000189.